The van der Waals surface area contributed by atoms with Crippen LogP contribution < -0.4 is 18.9 Å². The van der Waals surface area contributed by atoms with Crippen LogP contribution in [0.3, 0.4) is 0 Å². The molecular weight excluding hydrogens is 517 g/mol. The largest absolute Gasteiger partial charge is 0.455 e. The highest BCUT2D eigenvalue weighted by molar-refractivity contribution is 6.37. The van der Waals surface area contributed by atoms with Gasteiger partial charge in [0, 0.05) is 31.9 Å². The van der Waals surface area contributed by atoms with Crippen LogP contribution in [-0.4, -0.2) is 31.6 Å². The second kappa shape index (κ2) is 17.2. The topological polar surface area (TPSA) is 36.9 Å². The molecule has 0 aliphatic heterocycles. The quantitative estimate of drug-likeness (QED) is 0.0742. The molecule has 0 fully saturated rings. The Hall–Kier alpha value is -3.49. The first-order valence-electron chi connectivity index (χ1n) is 14.2. The number of ether oxygens (including phenoxy) is 4. The van der Waals surface area contributed by atoms with Gasteiger partial charge in [0.05, 0.1) is 0 Å². The summed E-state index contributed by atoms with van der Waals surface area (Å²) in [6.07, 6.45) is 2.72. The Labute approximate surface area is 237 Å². The van der Waals surface area contributed by atoms with Crippen molar-refractivity contribution in [3.8, 4) is 23.0 Å². The van der Waals surface area contributed by atoms with Gasteiger partial charge >= 0.3 is 0 Å². The third-order valence-corrected chi connectivity index (χ3v) is 10.2. The average Bonchev–Trinajstić information content (AvgIpc) is 2.98. The summed E-state index contributed by atoms with van der Waals surface area (Å²) in [5.74, 6) is 3.43. The number of hydrogen-bond acceptors (Lipinski definition) is 4. The molecule has 0 N–H and O–H groups in total. The van der Waals surface area contributed by atoms with Crippen molar-refractivity contribution in [3.63, 3.8) is 0 Å². The maximum Gasteiger partial charge on any atom is 0.240 e. The fourth-order valence-electron chi connectivity index (χ4n) is 4.39. The van der Waals surface area contributed by atoms with Crippen molar-refractivity contribution in [1.82, 2.24) is 0 Å². The predicted octanol–water partition coefficient (Wildman–Crippen LogP) is 7.14. The van der Waals surface area contributed by atoms with E-state index in [4.69, 9.17) is 18.9 Å². The molecule has 0 unspecified atom stereocenters. The molecule has 0 spiro atoms. The third kappa shape index (κ3) is 11.4. The fraction of sp³-hybridized carbons (Fsp3) is 0.273. The first-order chi connectivity index (χ1) is 19.3. The number of hydrogen-bond donors (Lipinski definition) is 0. The van der Waals surface area contributed by atoms with E-state index in [2.05, 4.69) is 0 Å². The molecule has 0 atom stereocenters. The van der Waals surface area contributed by atoms with E-state index in [-0.39, 0.29) is 31.6 Å². The Balaban J connectivity index is 1.13. The van der Waals surface area contributed by atoms with Crippen molar-refractivity contribution in [2.75, 3.05) is 0 Å². The van der Waals surface area contributed by atoms with E-state index in [1.165, 1.54) is 30.6 Å². The standard InChI is InChI=1S/C33H40O4Si2/c1-5-14-28(15-6-1)34-32(35-29-16-7-2-8-17-29)22-26-38-24-13-25-39-27-23-33(36-30-18-9-3-10-19-30)37-31-20-11-4-12-21-31/h1-12,14-21,32-33H,13,22-27,38-39H2. The van der Waals surface area contributed by atoms with E-state index < -0.39 is 0 Å². The zero-order chi connectivity index (χ0) is 26.8. The van der Waals surface area contributed by atoms with Crippen LogP contribution >= 0.6 is 0 Å². The van der Waals surface area contributed by atoms with Crippen molar-refractivity contribution >= 4 is 19.0 Å². The SMILES string of the molecule is c1ccc(OC(CC[SiH2]CCC[SiH2]CCC(Oc2ccccc2)Oc2ccccc2)Oc2ccccc2)cc1. The van der Waals surface area contributed by atoms with Gasteiger partial charge in [-0.2, -0.15) is 0 Å². The molecule has 0 bridgehead atoms. The lowest BCUT2D eigenvalue weighted by Gasteiger charge is -2.21. The van der Waals surface area contributed by atoms with Gasteiger partial charge in [-0.25, -0.2) is 0 Å². The van der Waals surface area contributed by atoms with Gasteiger partial charge < -0.3 is 18.9 Å². The Morgan fingerprint density at radius 1 is 0.385 bits per heavy atom. The van der Waals surface area contributed by atoms with E-state index in [0.29, 0.717) is 0 Å². The molecule has 4 aromatic rings. The molecule has 204 valence electrons. The van der Waals surface area contributed by atoms with Gasteiger partial charge in [0.15, 0.2) is 0 Å². The van der Waals surface area contributed by atoms with Crippen LogP contribution in [0.25, 0.3) is 0 Å². The number of rotatable bonds is 18. The molecule has 4 rings (SSSR count). The molecule has 0 saturated heterocycles. The molecule has 0 radical (unpaired) electrons. The molecule has 39 heavy (non-hydrogen) atoms. The van der Waals surface area contributed by atoms with Gasteiger partial charge in [0.2, 0.25) is 12.6 Å². The van der Waals surface area contributed by atoms with Crippen molar-refractivity contribution < 1.29 is 18.9 Å². The Morgan fingerprint density at radius 3 is 0.949 bits per heavy atom. The molecular formula is C33H40O4Si2. The molecule has 4 nitrogen and oxygen atoms in total. The maximum absolute atomic E-state index is 6.17. The normalized spacial score (nSPS) is 11.5. The van der Waals surface area contributed by atoms with Gasteiger partial charge in [-0.1, -0.05) is 103 Å². The monoisotopic (exact) mass is 556 g/mol. The van der Waals surface area contributed by atoms with Crippen LogP contribution in [0.2, 0.25) is 24.2 Å². The van der Waals surface area contributed by atoms with Crippen molar-refractivity contribution in [2.24, 2.45) is 0 Å². The third-order valence-electron chi connectivity index (χ3n) is 6.42. The minimum absolute atomic E-state index is 0.126. The summed E-state index contributed by atoms with van der Waals surface area (Å²) in [6, 6.07) is 45.1. The Morgan fingerprint density at radius 2 is 0.667 bits per heavy atom. The van der Waals surface area contributed by atoms with Gasteiger partial charge in [0.25, 0.3) is 0 Å². The van der Waals surface area contributed by atoms with Crippen LogP contribution in [0.1, 0.15) is 19.3 Å². The summed E-state index contributed by atoms with van der Waals surface area (Å²) in [7, 11) is -0.251. The highest BCUT2D eigenvalue weighted by Crippen LogP contribution is 2.20. The summed E-state index contributed by atoms with van der Waals surface area (Å²) in [5.41, 5.74) is 0. The lowest BCUT2D eigenvalue weighted by Crippen LogP contribution is -2.24. The van der Waals surface area contributed by atoms with Crippen molar-refractivity contribution in [2.45, 2.75) is 56.0 Å². The van der Waals surface area contributed by atoms with Gasteiger partial charge in [-0.05, 0) is 48.5 Å². The summed E-state index contributed by atoms with van der Waals surface area (Å²) in [4.78, 5) is 0. The van der Waals surface area contributed by atoms with Gasteiger partial charge in [-0.3, -0.25) is 0 Å². The molecule has 0 aliphatic rings. The first kappa shape index (κ1) is 28.5. The summed E-state index contributed by atoms with van der Waals surface area (Å²) in [6.45, 7) is 0. The molecule has 0 aromatic heterocycles. The molecule has 4 aromatic carbocycles. The zero-order valence-electron chi connectivity index (χ0n) is 22.7. The minimum atomic E-state index is -0.247. The van der Waals surface area contributed by atoms with Gasteiger partial charge in [-0.15, -0.1) is 0 Å². The van der Waals surface area contributed by atoms with Crippen LogP contribution in [-0.2, 0) is 0 Å². The van der Waals surface area contributed by atoms with Crippen LogP contribution in [0.4, 0.5) is 0 Å². The summed E-state index contributed by atoms with van der Waals surface area (Å²) in [5, 5.41) is 0. The summed E-state index contributed by atoms with van der Waals surface area (Å²) >= 11 is 0. The maximum atomic E-state index is 6.17. The predicted molar refractivity (Wildman–Crippen MR) is 166 cm³/mol. The first-order valence-corrected chi connectivity index (χ1v) is 18.2. The highest BCUT2D eigenvalue weighted by Gasteiger charge is 2.14. The van der Waals surface area contributed by atoms with Crippen LogP contribution in [0, 0.1) is 0 Å². The molecule has 0 aliphatic carbocycles. The van der Waals surface area contributed by atoms with E-state index in [9.17, 15) is 0 Å². The minimum Gasteiger partial charge on any atom is -0.455 e. The van der Waals surface area contributed by atoms with E-state index in [1.807, 2.05) is 121 Å². The lowest BCUT2D eigenvalue weighted by molar-refractivity contribution is 0.00302. The summed E-state index contributed by atoms with van der Waals surface area (Å²) < 4.78 is 24.7. The fourth-order valence-corrected chi connectivity index (χ4v) is 8.47. The van der Waals surface area contributed by atoms with Crippen LogP contribution in [0.15, 0.2) is 121 Å². The smallest absolute Gasteiger partial charge is 0.240 e. The van der Waals surface area contributed by atoms with Crippen molar-refractivity contribution in [3.05, 3.63) is 121 Å². The average molecular weight is 557 g/mol. The molecule has 0 saturated carbocycles. The molecule has 0 heterocycles. The van der Waals surface area contributed by atoms with E-state index >= 15 is 0 Å². The van der Waals surface area contributed by atoms with Crippen molar-refractivity contribution in [1.29, 1.82) is 0 Å². The lowest BCUT2D eigenvalue weighted by atomic mass is 10.3. The number of benzene rings is 4. The second-order valence-electron chi connectivity index (χ2n) is 9.63. The Bertz CT molecular complexity index is 971. The molecule has 0 amide bonds. The van der Waals surface area contributed by atoms with Gasteiger partial charge in [0.1, 0.15) is 23.0 Å². The van der Waals surface area contributed by atoms with E-state index in [0.717, 1.165) is 35.8 Å². The van der Waals surface area contributed by atoms with Crippen LogP contribution in [0.5, 0.6) is 23.0 Å². The zero-order valence-corrected chi connectivity index (χ0v) is 25.5. The Kier molecular flexibility index (Phi) is 12.6. The highest BCUT2D eigenvalue weighted by atomic mass is 28.2. The second-order valence-corrected chi connectivity index (χ2v) is 13.9. The molecule has 6 heteroatoms. The number of para-hydroxylation sites is 4. The van der Waals surface area contributed by atoms with E-state index in [1.54, 1.807) is 0 Å².